The number of hydrogen-bond acceptors (Lipinski definition) is 1. The maximum atomic E-state index is 2.23. The van der Waals surface area contributed by atoms with Crippen LogP contribution in [0, 0.1) is 20.8 Å². The molecule has 1 heteroatoms. The quantitative estimate of drug-likeness (QED) is 0.572. The van der Waals surface area contributed by atoms with E-state index in [9.17, 15) is 0 Å². The van der Waals surface area contributed by atoms with Crippen molar-refractivity contribution < 1.29 is 0 Å². The van der Waals surface area contributed by atoms with Crippen molar-refractivity contribution in [1.29, 1.82) is 0 Å². The average Bonchev–Trinajstić information content (AvgIpc) is 2.41. The predicted octanol–water partition coefficient (Wildman–Crippen LogP) is 3.83. The molecule has 1 aromatic heterocycles. The van der Waals surface area contributed by atoms with Crippen molar-refractivity contribution in [3.63, 3.8) is 0 Å². The molecule has 0 amide bonds. The molecule has 2 aromatic rings. The van der Waals surface area contributed by atoms with E-state index in [-0.39, 0.29) is 0 Å². The lowest BCUT2D eigenvalue weighted by molar-refractivity contribution is 1.37. The summed E-state index contributed by atoms with van der Waals surface area (Å²) in [4.78, 5) is 0. The minimum absolute atomic E-state index is 1.39. The average molecular weight is 176 g/mol. The van der Waals surface area contributed by atoms with Crippen LogP contribution in [0.2, 0.25) is 0 Å². The van der Waals surface area contributed by atoms with Crippen LogP contribution in [0.3, 0.4) is 0 Å². The maximum absolute atomic E-state index is 2.23. The summed E-state index contributed by atoms with van der Waals surface area (Å²) in [5.74, 6) is 0. The van der Waals surface area contributed by atoms with E-state index in [1.165, 1.54) is 26.8 Å². The second-order valence-electron chi connectivity index (χ2n) is 3.30. The largest absolute Gasteiger partial charge is 0.144 e. The van der Waals surface area contributed by atoms with Gasteiger partial charge < -0.3 is 0 Å². The van der Waals surface area contributed by atoms with Crippen LogP contribution in [0.25, 0.3) is 10.1 Å². The minimum Gasteiger partial charge on any atom is -0.144 e. The number of hydrogen-bond donors (Lipinski definition) is 0. The van der Waals surface area contributed by atoms with Crippen LogP contribution in [-0.4, -0.2) is 0 Å². The number of fused-ring (bicyclic) bond motifs is 1. The zero-order chi connectivity index (χ0) is 8.72. The van der Waals surface area contributed by atoms with E-state index in [2.05, 4.69) is 38.3 Å². The molecule has 0 aliphatic heterocycles. The zero-order valence-corrected chi connectivity index (χ0v) is 8.46. The Bertz CT molecular complexity index is 424. The van der Waals surface area contributed by atoms with E-state index in [0.717, 1.165) is 0 Å². The number of thiophene rings is 1. The molecule has 0 unspecified atom stereocenters. The third-order valence-corrected chi connectivity index (χ3v) is 3.52. The van der Waals surface area contributed by atoms with Gasteiger partial charge in [-0.2, -0.15) is 0 Å². The first-order valence-corrected chi connectivity index (χ1v) is 5.02. The van der Waals surface area contributed by atoms with Gasteiger partial charge in [-0.3, -0.25) is 0 Å². The Morgan fingerprint density at radius 1 is 1.00 bits per heavy atom. The molecular weight excluding hydrogens is 164 g/mol. The summed E-state index contributed by atoms with van der Waals surface area (Å²) in [6.45, 7) is 6.56. The second kappa shape index (κ2) is 2.60. The van der Waals surface area contributed by atoms with Crippen LogP contribution in [0.5, 0.6) is 0 Å². The normalized spacial score (nSPS) is 10.9. The van der Waals surface area contributed by atoms with Gasteiger partial charge in [0.2, 0.25) is 0 Å². The molecular formula is C11H12S. The SMILES string of the molecule is Cc1ccc2scc(C)c2c1C. The fraction of sp³-hybridized carbons (Fsp3) is 0.273. The molecule has 0 aliphatic carbocycles. The Kier molecular flexibility index (Phi) is 1.69. The van der Waals surface area contributed by atoms with E-state index < -0.39 is 0 Å². The minimum atomic E-state index is 1.39. The lowest BCUT2D eigenvalue weighted by Crippen LogP contribution is -1.81. The van der Waals surface area contributed by atoms with Crippen LogP contribution >= 0.6 is 11.3 Å². The van der Waals surface area contributed by atoms with Crippen molar-refractivity contribution in [3.05, 3.63) is 34.2 Å². The molecule has 1 heterocycles. The Labute approximate surface area is 76.8 Å². The summed E-state index contributed by atoms with van der Waals surface area (Å²) in [6, 6.07) is 4.42. The monoisotopic (exact) mass is 176 g/mol. The molecule has 0 aliphatic rings. The van der Waals surface area contributed by atoms with Crippen molar-refractivity contribution in [3.8, 4) is 0 Å². The van der Waals surface area contributed by atoms with Crippen LogP contribution in [-0.2, 0) is 0 Å². The summed E-state index contributed by atoms with van der Waals surface area (Å²) in [6.07, 6.45) is 0. The van der Waals surface area contributed by atoms with Crippen molar-refractivity contribution in [1.82, 2.24) is 0 Å². The molecule has 1 aromatic carbocycles. The maximum Gasteiger partial charge on any atom is 0.0348 e. The lowest BCUT2D eigenvalue weighted by Gasteiger charge is -2.01. The topological polar surface area (TPSA) is 0 Å². The second-order valence-corrected chi connectivity index (χ2v) is 4.21. The highest BCUT2D eigenvalue weighted by Crippen LogP contribution is 2.29. The van der Waals surface area contributed by atoms with Gasteiger partial charge in [0.1, 0.15) is 0 Å². The highest BCUT2D eigenvalue weighted by molar-refractivity contribution is 7.17. The van der Waals surface area contributed by atoms with Gasteiger partial charge >= 0.3 is 0 Å². The molecule has 12 heavy (non-hydrogen) atoms. The van der Waals surface area contributed by atoms with E-state index in [1.54, 1.807) is 0 Å². The summed E-state index contributed by atoms with van der Waals surface area (Å²) >= 11 is 1.84. The fourth-order valence-electron chi connectivity index (χ4n) is 1.59. The summed E-state index contributed by atoms with van der Waals surface area (Å²) in [5.41, 5.74) is 4.24. The van der Waals surface area contributed by atoms with Crippen molar-refractivity contribution >= 4 is 21.4 Å². The first-order chi connectivity index (χ1) is 5.70. The molecule has 2 rings (SSSR count). The highest BCUT2D eigenvalue weighted by Gasteiger charge is 2.03. The van der Waals surface area contributed by atoms with Gasteiger partial charge in [0, 0.05) is 4.70 Å². The van der Waals surface area contributed by atoms with Crippen LogP contribution in [0.4, 0.5) is 0 Å². The van der Waals surface area contributed by atoms with Crippen molar-refractivity contribution in [2.24, 2.45) is 0 Å². The highest BCUT2D eigenvalue weighted by atomic mass is 32.1. The van der Waals surface area contributed by atoms with Crippen LogP contribution in [0.15, 0.2) is 17.5 Å². The Balaban J connectivity index is 2.96. The molecule has 0 radical (unpaired) electrons. The van der Waals surface area contributed by atoms with E-state index >= 15 is 0 Å². The molecule has 62 valence electrons. The third kappa shape index (κ3) is 0.969. The molecule has 0 saturated heterocycles. The number of rotatable bonds is 0. The summed E-state index contributed by atoms with van der Waals surface area (Å²) < 4.78 is 1.41. The Hall–Kier alpha value is -0.820. The van der Waals surface area contributed by atoms with Gasteiger partial charge in [-0.1, -0.05) is 6.07 Å². The molecule has 0 fully saturated rings. The molecule has 0 bridgehead atoms. The van der Waals surface area contributed by atoms with Gasteiger partial charge in [-0.15, -0.1) is 11.3 Å². The van der Waals surface area contributed by atoms with Crippen molar-refractivity contribution in [2.45, 2.75) is 20.8 Å². The molecule has 0 nitrogen and oxygen atoms in total. The van der Waals surface area contributed by atoms with Gasteiger partial charge in [0.15, 0.2) is 0 Å². The van der Waals surface area contributed by atoms with Gasteiger partial charge in [-0.05, 0) is 54.3 Å². The third-order valence-electron chi connectivity index (χ3n) is 2.45. The van der Waals surface area contributed by atoms with E-state index in [0.29, 0.717) is 0 Å². The zero-order valence-electron chi connectivity index (χ0n) is 7.64. The van der Waals surface area contributed by atoms with E-state index in [1.807, 2.05) is 11.3 Å². The van der Waals surface area contributed by atoms with E-state index in [4.69, 9.17) is 0 Å². The van der Waals surface area contributed by atoms with Crippen LogP contribution < -0.4 is 0 Å². The standard InChI is InChI=1S/C11H12S/c1-7-4-5-10-11(9(7)3)8(2)6-12-10/h4-6H,1-3H3. The predicted molar refractivity (Wildman–Crippen MR) is 56.0 cm³/mol. The smallest absolute Gasteiger partial charge is 0.0348 e. The molecule has 0 spiro atoms. The first kappa shape index (κ1) is 7.81. The fourth-order valence-corrected chi connectivity index (χ4v) is 2.59. The van der Waals surface area contributed by atoms with Crippen LogP contribution in [0.1, 0.15) is 16.7 Å². The summed E-state index contributed by atoms with van der Waals surface area (Å²) in [5, 5.41) is 3.69. The Morgan fingerprint density at radius 3 is 2.50 bits per heavy atom. The lowest BCUT2D eigenvalue weighted by atomic mass is 10.0. The summed E-state index contributed by atoms with van der Waals surface area (Å²) in [7, 11) is 0. The van der Waals surface area contributed by atoms with Gasteiger partial charge in [-0.25, -0.2) is 0 Å². The van der Waals surface area contributed by atoms with Crippen molar-refractivity contribution in [2.75, 3.05) is 0 Å². The molecule has 0 saturated carbocycles. The first-order valence-electron chi connectivity index (χ1n) is 4.14. The molecule has 0 N–H and O–H groups in total. The van der Waals surface area contributed by atoms with Gasteiger partial charge in [0.05, 0.1) is 0 Å². The molecule has 0 atom stereocenters. The number of benzene rings is 1. The number of aryl methyl sites for hydroxylation is 3. The van der Waals surface area contributed by atoms with Gasteiger partial charge in [0.25, 0.3) is 0 Å². The Morgan fingerprint density at radius 2 is 1.75 bits per heavy atom.